The molecule has 3 heteroatoms. The third-order valence-corrected chi connectivity index (χ3v) is 3.88. The molecule has 1 rings (SSSR count). The first kappa shape index (κ1) is 14.9. The lowest BCUT2D eigenvalue weighted by Crippen LogP contribution is -2.46. The van der Waals surface area contributed by atoms with Gasteiger partial charge in [-0.1, -0.05) is 26.7 Å². The van der Waals surface area contributed by atoms with Gasteiger partial charge in [0.1, 0.15) is 6.17 Å². The van der Waals surface area contributed by atoms with E-state index < -0.39 is 6.17 Å². The maximum absolute atomic E-state index is 13.6. The fourth-order valence-corrected chi connectivity index (χ4v) is 2.56. The van der Waals surface area contributed by atoms with Crippen LogP contribution in [0.25, 0.3) is 0 Å². The van der Waals surface area contributed by atoms with E-state index in [0.29, 0.717) is 5.92 Å². The Morgan fingerprint density at radius 2 is 1.76 bits per heavy atom. The van der Waals surface area contributed by atoms with Crippen molar-refractivity contribution in [2.75, 3.05) is 39.8 Å². The van der Waals surface area contributed by atoms with Crippen LogP contribution in [0.3, 0.4) is 0 Å². The fourth-order valence-electron chi connectivity index (χ4n) is 2.56. The van der Waals surface area contributed by atoms with Gasteiger partial charge in [0.25, 0.3) is 0 Å². The minimum absolute atomic E-state index is 0.542. The highest BCUT2D eigenvalue weighted by atomic mass is 19.1. The zero-order valence-electron chi connectivity index (χ0n) is 11.8. The lowest BCUT2D eigenvalue weighted by atomic mass is 9.96. The molecule has 0 N–H and O–H groups in total. The first-order chi connectivity index (χ1) is 8.15. The highest BCUT2D eigenvalue weighted by Gasteiger charge is 2.19. The van der Waals surface area contributed by atoms with E-state index in [0.717, 1.165) is 58.4 Å². The third-order valence-electron chi connectivity index (χ3n) is 3.88. The molecule has 0 saturated carbocycles. The average Bonchev–Trinajstić information content (AvgIpc) is 2.31. The molecule has 0 aliphatic carbocycles. The Kier molecular flexibility index (Phi) is 7.05. The Hall–Kier alpha value is -0.150. The Morgan fingerprint density at radius 1 is 1.12 bits per heavy atom. The van der Waals surface area contributed by atoms with Gasteiger partial charge in [0.05, 0.1) is 0 Å². The first-order valence-corrected chi connectivity index (χ1v) is 7.20. The molecule has 0 radical (unpaired) electrons. The van der Waals surface area contributed by atoms with Crippen molar-refractivity contribution in [2.45, 2.75) is 45.7 Å². The summed E-state index contributed by atoms with van der Waals surface area (Å²) in [6, 6.07) is 0. The number of piperazine rings is 1. The van der Waals surface area contributed by atoms with E-state index in [1.54, 1.807) is 0 Å². The molecule has 1 aliphatic heterocycles. The summed E-state index contributed by atoms with van der Waals surface area (Å²) in [7, 11) is 2.17. The van der Waals surface area contributed by atoms with Crippen LogP contribution in [0.1, 0.15) is 39.5 Å². The summed E-state index contributed by atoms with van der Waals surface area (Å²) < 4.78 is 13.6. The van der Waals surface area contributed by atoms with Crippen LogP contribution >= 0.6 is 0 Å². The quantitative estimate of drug-likeness (QED) is 0.679. The normalized spacial score (nSPS) is 22.6. The number of alkyl halides is 1. The van der Waals surface area contributed by atoms with Crippen LogP contribution < -0.4 is 0 Å². The number of likely N-dealkylation sites (N-methyl/N-ethyl adjacent to an activating group) is 1. The monoisotopic (exact) mass is 244 g/mol. The van der Waals surface area contributed by atoms with Crippen molar-refractivity contribution in [3.05, 3.63) is 0 Å². The summed E-state index contributed by atoms with van der Waals surface area (Å²) in [6.45, 7) is 9.96. The zero-order chi connectivity index (χ0) is 12.7. The molecule has 1 aliphatic rings. The van der Waals surface area contributed by atoms with Crippen LogP contribution in [0.4, 0.5) is 4.39 Å². The maximum atomic E-state index is 13.6. The van der Waals surface area contributed by atoms with Gasteiger partial charge in [-0.2, -0.15) is 0 Å². The standard InChI is InChI=1S/C14H29FN2/c1-4-6-14(15)11-13(5-2)12-17-9-7-16(3)8-10-17/h13-14H,4-12H2,1-3H3. The van der Waals surface area contributed by atoms with E-state index in [4.69, 9.17) is 0 Å². The summed E-state index contributed by atoms with van der Waals surface area (Å²) in [5.41, 5.74) is 0. The molecule has 0 spiro atoms. The van der Waals surface area contributed by atoms with Gasteiger partial charge in [-0.05, 0) is 25.8 Å². The van der Waals surface area contributed by atoms with E-state index in [1.807, 2.05) is 0 Å². The third kappa shape index (κ3) is 5.82. The van der Waals surface area contributed by atoms with E-state index >= 15 is 0 Å². The summed E-state index contributed by atoms with van der Waals surface area (Å²) in [4.78, 5) is 4.87. The van der Waals surface area contributed by atoms with E-state index in [9.17, 15) is 4.39 Å². The summed E-state index contributed by atoms with van der Waals surface area (Å²) in [5, 5.41) is 0. The van der Waals surface area contributed by atoms with Crippen molar-refractivity contribution in [1.82, 2.24) is 9.80 Å². The van der Waals surface area contributed by atoms with Gasteiger partial charge < -0.3 is 9.80 Å². The lowest BCUT2D eigenvalue weighted by molar-refractivity contribution is 0.122. The number of hydrogen-bond acceptors (Lipinski definition) is 2. The van der Waals surface area contributed by atoms with Crippen LogP contribution in [0.15, 0.2) is 0 Å². The Labute approximate surface area is 106 Å². The highest BCUT2D eigenvalue weighted by molar-refractivity contribution is 4.74. The molecular formula is C14H29FN2. The molecule has 2 atom stereocenters. The molecule has 0 aromatic rings. The molecule has 2 nitrogen and oxygen atoms in total. The molecule has 1 saturated heterocycles. The topological polar surface area (TPSA) is 6.48 Å². The zero-order valence-corrected chi connectivity index (χ0v) is 11.8. The molecule has 0 bridgehead atoms. The number of halogens is 1. The molecule has 2 unspecified atom stereocenters. The maximum Gasteiger partial charge on any atom is 0.100 e. The van der Waals surface area contributed by atoms with E-state index in [1.165, 1.54) is 0 Å². The van der Waals surface area contributed by atoms with Gasteiger partial charge in [0, 0.05) is 32.7 Å². The Bertz CT molecular complexity index is 191. The SMILES string of the molecule is CCCC(F)CC(CC)CN1CCN(C)CC1. The molecule has 0 amide bonds. The van der Waals surface area contributed by atoms with E-state index in [2.05, 4.69) is 30.7 Å². The predicted octanol–water partition coefficient (Wildman–Crippen LogP) is 2.79. The fraction of sp³-hybridized carbons (Fsp3) is 1.00. The second-order valence-corrected chi connectivity index (χ2v) is 5.50. The average molecular weight is 244 g/mol. The van der Waals surface area contributed by atoms with Gasteiger partial charge in [-0.25, -0.2) is 4.39 Å². The number of nitrogens with zero attached hydrogens (tertiary/aromatic N) is 2. The molecule has 102 valence electrons. The van der Waals surface area contributed by atoms with Crippen molar-refractivity contribution in [1.29, 1.82) is 0 Å². The van der Waals surface area contributed by atoms with Crippen LogP contribution in [0.2, 0.25) is 0 Å². The minimum Gasteiger partial charge on any atom is -0.304 e. The van der Waals surface area contributed by atoms with Gasteiger partial charge in [0.15, 0.2) is 0 Å². The predicted molar refractivity (Wildman–Crippen MR) is 72.1 cm³/mol. The van der Waals surface area contributed by atoms with Crippen LogP contribution in [0.5, 0.6) is 0 Å². The summed E-state index contributed by atoms with van der Waals surface area (Å²) >= 11 is 0. The van der Waals surface area contributed by atoms with Crippen molar-refractivity contribution in [2.24, 2.45) is 5.92 Å². The Morgan fingerprint density at radius 3 is 2.29 bits per heavy atom. The van der Waals surface area contributed by atoms with Crippen LogP contribution in [-0.4, -0.2) is 55.7 Å². The molecule has 1 heterocycles. The second kappa shape index (κ2) is 8.04. The number of rotatable bonds is 7. The minimum atomic E-state index is -0.586. The largest absolute Gasteiger partial charge is 0.304 e. The Balaban J connectivity index is 2.26. The molecular weight excluding hydrogens is 215 g/mol. The molecule has 0 aromatic heterocycles. The smallest absolute Gasteiger partial charge is 0.100 e. The summed E-state index contributed by atoms with van der Waals surface area (Å²) in [5.74, 6) is 0.542. The van der Waals surface area contributed by atoms with Crippen LogP contribution in [0, 0.1) is 5.92 Å². The molecule has 17 heavy (non-hydrogen) atoms. The lowest BCUT2D eigenvalue weighted by Gasteiger charge is -2.34. The van der Waals surface area contributed by atoms with Gasteiger partial charge in [-0.3, -0.25) is 0 Å². The molecule has 0 aromatic carbocycles. The van der Waals surface area contributed by atoms with Gasteiger partial charge in [0.2, 0.25) is 0 Å². The highest BCUT2D eigenvalue weighted by Crippen LogP contribution is 2.18. The molecule has 1 fully saturated rings. The number of hydrogen-bond donors (Lipinski definition) is 0. The van der Waals surface area contributed by atoms with Gasteiger partial charge in [-0.15, -0.1) is 0 Å². The van der Waals surface area contributed by atoms with Crippen molar-refractivity contribution >= 4 is 0 Å². The van der Waals surface area contributed by atoms with Crippen molar-refractivity contribution in [3.8, 4) is 0 Å². The summed E-state index contributed by atoms with van der Waals surface area (Å²) in [6.07, 6.45) is 2.98. The van der Waals surface area contributed by atoms with Crippen molar-refractivity contribution < 1.29 is 4.39 Å². The second-order valence-electron chi connectivity index (χ2n) is 5.50. The van der Waals surface area contributed by atoms with Gasteiger partial charge >= 0.3 is 0 Å². The van der Waals surface area contributed by atoms with E-state index in [-0.39, 0.29) is 0 Å². The first-order valence-electron chi connectivity index (χ1n) is 7.20. The van der Waals surface area contributed by atoms with Crippen molar-refractivity contribution in [3.63, 3.8) is 0 Å². The van der Waals surface area contributed by atoms with Crippen LogP contribution in [-0.2, 0) is 0 Å².